The molecule has 29 heavy (non-hydrogen) atoms. The minimum absolute atomic E-state index is 0.0531. The summed E-state index contributed by atoms with van der Waals surface area (Å²) in [6.45, 7) is -0.329. The largest absolute Gasteiger partial charge is 0.495 e. The molecule has 0 amide bonds. The van der Waals surface area contributed by atoms with Crippen LogP contribution in [0.15, 0.2) is 56.5 Å². The maximum atomic E-state index is 12.7. The van der Waals surface area contributed by atoms with Crippen molar-refractivity contribution in [3.8, 4) is 17.1 Å². The number of nitrogens with one attached hydrogen (secondary N) is 1. The normalized spacial score (nSPS) is 12.5. The number of carbonyl (C=O) groups is 1. The number of aliphatic hydroxyl groups is 1. The van der Waals surface area contributed by atoms with E-state index in [-0.39, 0.29) is 28.5 Å². The van der Waals surface area contributed by atoms with E-state index in [1.807, 2.05) is 16.8 Å². The third kappa shape index (κ3) is 4.67. The SMILES string of the molecule is COC(=O)c1ccc(OC)c(S(=O)(=O)NC[C@@H](O)c2ccc(-c3ccsc3)o2)c1. The van der Waals surface area contributed by atoms with Crippen molar-refractivity contribution >= 4 is 27.3 Å². The van der Waals surface area contributed by atoms with Gasteiger partial charge < -0.3 is 19.0 Å². The van der Waals surface area contributed by atoms with Crippen molar-refractivity contribution in [2.24, 2.45) is 0 Å². The fourth-order valence-corrected chi connectivity index (χ4v) is 4.47. The maximum absolute atomic E-state index is 12.7. The Balaban J connectivity index is 1.76. The van der Waals surface area contributed by atoms with Crippen molar-refractivity contribution in [2.75, 3.05) is 20.8 Å². The second kappa shape index (κ2) is 8.78. The minimum atomic E-state index is -4.09. The van der Waals surface area contributed by atoms with E-state index in [1.165, 1.54) is 37.7 Å². The molecule has 0 aliphatic rings. The first-order valence-electron chi connectivity index (χ1n) is 8.42. The number of esters is 1. The molecule has 0 bridgehead atoms. The summed E-state index contributed by atoms with van der Waals surface area (Å²) in [5.74, 6) is 0.179. The van der Waals surface area contributed by atoms with Crippen molar-refractivity contribution in [1.82, 2.24) is 4.72 Å². The zero-order chi connectivity index (χ0) is 21.0. The number of methoxy groups -OCH3 is 2. The molecule has 0 aliphatic heterocycles. The molecular formula is C19H19NO7S2. The summed E-state index contributed by atoms with van der Waals surface area (Å²) in [4.78, 5) is 11.5. The third-order valence-corrected chi connectivity index (χ3v) is 6.23. The average molecular weight is 437 g/mol. The lowest BCUT2D eigenvalue weighted by Gasteiger charge is -2.13. The molecule has 2 heterocycles. The molecule has 0 saturated heterocycles. The number of benzene rings is 1. The number of hydrogen-bond donors (Lipinski definition) is 2. The molecule has 0 radical (unpaired) electrons. The Morgan fingerprint density at radius 1 is 1.24 bits per heavy atom. The Morgan fingerprint density at radius 3 is 2.69 bits per heavy atom. The highest BCUT2D eigenvalue weighted by Crippen LogP contribution is 2.28. The van der Waals surface area contributed by atoms with Crippen molar-refractivity contribution in [2.45, 2.75) is 11.0 Å². The molecule has 2 aromatic heterocycles. The van der Waals surface area contributed by atoms with Crippen LogP contribution in [0.1, 0.15) is 22.2 Å². The topological polar surface area (TPSA) is 115 Å². The third-order valence-electron chi connectivity index (χ3n) is 4.10. The summed E-state index contributed by atoms with van der Waals surface area (Å²) in [7, 11) is -1.58. The van der Waals surface area contributed by atoms with Crippen molar-refractivity contribution in [1.29, 1.82) is 0 Å². The van der Waals surface area contributed by atoms with Crippen LogP contribution in [0.5, 0.6) is 5.75 Å². The molecule has 3 aromatic rings. The predicted molar refractivity (Wildman–Crippen MR) is 107 cm³/mol. The van der Waals surface area contributed by atoms with Crippen LogP contribution < -0.4 is 9.46 Å². The standard InChI is InChI=1S/C19H19NO7S2/c1-25-17-4-3-12(19(22)26-2)9-18(17)29(23,24)20-10-14(21)16-6-5-15(27-16)13-7-8-28-11-13/h3-9,11,14,20-21H,10H2,1-2H3/t14-/m1/s1. The molecule has 10 heteroatoms. The molecule has 3 rings (SSSR count). The molecule has 0 aliphatic carbocycles. The molecular weight excluding hydrogens is 418 g/mol. The van der Waals surface area contributed by atoms with Gasteiger partial charge in [0.25, 0.3) is 0 Å². The fraction of sp³-hybridized carbons (Fsp3) is 0.211. The first-order valence-corrected chi connectivity index (χ1v) is 10.8. The monoisotopic (exact) mass is 437 g/mol. The van der Waals surface area contributed by atoms with Crippen LogP contribution >= 0.6 is 11.3 Å². The zero-order valence-corrected chi connectivity index (χ0v) is 17.2. The Morgan fingerprint density at radius 2 is 2.03 bits per heavy atom. The van der Waals surface area contributed by atoms with Crippen molar-refractivity contribution < 1.29 is 32.2 Å². The van der Waals surface area contributed by atoms with E-state index in [2.05, 4.69) is 9.46 Å². The summed E-state index contributed by atoms with van der Waals surface area (Å²) in [5, 5.41) is 14.1. The first kappa shape index (κ1) is 21.1. The number of furan rings is 1. The highest BCUT2D eigenvalue weighted by atomic mass is 32.2. The lowest BCUT2D eigenvalue weighted by molar-refractivity contribution is 0.0600. The maximum Gasteiger partial charge on any atom is 0.337 e. The number of aliphatic hydroxyl groups excluding tert-OH is 1. The Labute approximate surface area is 171 Å². The molecule has 1 atom stereocenters. The van der Waals surface area contributed by atoms with Gasteiger partial charge in [0, 0.05) is 17.5 Å². The van der Waals surface area contributed by atoms with E-state index >= 15 is 0 Å². The summed E-state index contributed by atoms with van der Waals surface area (Å²) >= 11 is 1.51. The number of sulfonamides is 1. The smallest absolute Gasteiger partial charge is 0.337 e. The van der Waals surface area contributed by atoms with Crippen LogP contribution in [0.25, 0.3) is 11.3 Å². The van der Waals surface area contributed by atoms with Gasteiger partial charge in [-0.15, -0.1) is 0 Å². The molecule has 0 saturated carbocycles. The predicted octanol–water partition coefficient (Wildman–Crippen LogP) is 2.82. The molecule has 0 spiro atoms. The summed E-state index contributed by atoms with van der Waals surface area (Å²) in [6, 6.07) is 9.08. The Hall–Kier alpha value is -2.66. The molecule has 154 valence electrons. The van der Waals surface area contributed by atoms with Crippen LogP contribution in [-0.2, 0) is 14.8 Å². The van der Waals surface area contributed by atoms with Crippen molar-refractivity contribution in [3.05, 3.63) is 58.5 Å². The lowest BCUT2D eigenvalue weighted by Crippen LogP contribution is -2.29. The van der Waals surface area contributed by atoms with Gasteiger partial charge in [0.05, 0.1) is 19.8 Å². The summed E-state index contributed by atoms with van der Waals surface area (Å²) in [6.07, 6.45) is -1.20. The van der Waals surface area contributed by atoms with Gasteiger partial charge in [0.15, 0.2) is 0 Å². The summed E-state index contributed by atoms with van der Waals surface area (Å²) < 4.78 is 43.1. The zero-order valence-electron chi connectivity index (χ0n) is 15.6. The van der Waals surface area contributed by atoms with Crippen LogP contribution in [0, 0.1) is 0 Å². The average Bonchev–Trinajstić information content (AvgIpc) is 3.42. The first-order chi connectivity index (χ1) is 13.9. The molecule has 2 N–H and O–H groups in total. The van der Waals surface area contributed by atoms with Gasteiger partial charge in [-0.2, -0.15) is 11.3 Å². The Kier molecular flexibility index (Phi) is 6.38. The summed E-state index contributed by atoms with van der Waals surface area (Å²) in [5.41, 5.74) is 0.930. The highest BCUT2D eigenvalue weighted by Gasteiger charge is 2.24. The van der Waals surface area contributed by atoms with E-state index in [0.717, 1.165) is 11.6 Å². The van der Waals surface area contributed by atoms with Crippen LogP contribution in [-0.4, -0.2) is 40.3 Å². The minimum Gasteiger partial charge on any atom is -0.495 e. The molecule has 0 fully saturated rings. The van der Waals surface area contributed by atoms with Crippen molar-refractivity contribution in [3.63, 3.8) is 0 Å². The van der Waals surface area contributed by atoms with Gasteiger partial charge >= 0.3 is 5.97 Å². The van der Waals surface area contributed by atoms with Gasteiger partial charge in [-0.25, -0.2) is 17.9 Å². The number of ether oxygens (including phenoxy) is 2. The fourth-order valence-electron chi connectivity index (χ4n) is 2.59. The van der Waals surface area contributed by atoms with E-state index < -0.39 is 22.1 Å². The van der Waals surface area contributed by atoms with E-state index in [1.54, 1.807) is 12.1 Å². The van der Waals surface area contributed by atoms with Crippen LogP contribution in [0.3, 0.4) is 0 Å². The Bertz CT molecular complexity index is 1090. The van der Waals surface area contributed by atoms with Crippen LogP contribution in [0.2, 0.25) is 0 Å². The molecule has 0 unspecified atom stereocenters. The van der Waals surface area contributed by atoms with Gasteiger partial charge in [0.1, 0.15) is 28.3 Å². The lowest BCUT2D eigenvalue weighted by atomic mass is 10.2. The molecule has 1 aromatic carbocycles. The quantitative estimate of drug-likeness (QED) is 0.521. The van der Waals surface area contributed by atoms with Gasteiger partial charge in [0.2, 0.25) is 10.0 Å². The van der Waals surface area contributed by atoms with E-state index in [9.17, 15) is 18.3 Å². The van der Waals surface area contributed by atoms with E-state index in [4.69, 9.17) is 9.15 Å². The highest BCUT2D eigenvalue weighted by molar-refractivity contribution is 7.89. The van der Waals surface area contributed by atoms with Gasteiger partial charge in [-0.05, 0) is 41.8 Å². The number of carbonyl (C=O) groups excluding carboxylic acids is 1. The van der Waals surface area contributed by atoms with E-state index in [0.29, 0.717) is 5.76 Å². The van der Waals surface area contributed by atoms with Gasteiger partial charge in [-0.1, -0.05) is 0 Å². The number of hydrogen-bond acceptors (Lipinski definition) is 8. The molecule has 8 nitrogen and oxygen atoms in total. The second-order valence-electron chi connectivity index (χ2n) is 5.94. The van der Waals surface area contributed by atoms with Gasteiger partial charge in [-0.3, -0.25) is 0 Å². The second-order valence-corrected chi connectivity index (χ2v) is 8.45. The number of thiophene rings is 1. The van der Waals surface area contributed by atoms with Crippen LogP contribution in [0.4, 0.5) is 0 Å². The number of rotatable bonds is 8.